The predicted molar refractivity (Wildman–Crippen MR) is 225 cm³/mol. The second kappa shape index (κ2) is 17.0. The molecule has 0 N–H and O–H groups in total. The highest BCUT2D eigenvalue weighted by atomic mass is 16.5. The van der Waals surface area contributed by atoms with E-state index < -0.39 is 5.97 Å². The molecular formula is C51H41NO2. The number of carbonyl (C=O) groups excluding carboxylic acids is 1. The van der Waals surface area contributed by atoms with Crippen LogP contribution in [-0.2, 0) is 16.1 Å². The number of ether oxygens (including phenoxy) is 1. The molecule has 262 valence electrons. The van der Waals surface area contributed by atoms with Crippen LogP contribution < -0.4 is 4.90 Å². The van der Waals surface area contributed by atoms with Gasteiger partial charge in [0.2, 0.25) is 0 Å². The van der Waals surface area contributed by atoms with Crippen LogP contribution >= 0.6 is 0 Å². The van der Waals surface area contributed by atoms with E-state index in [1.165, 1.54) is 22.3 Å². The molecule has 7 rings (SSSR count). The molecule has 0 saturated heterocycles. The maximum atomic E-state index is 12.0. The molecule has 0 heterocycles. The predicted octanol–water partition coefficient (Wildman–Crippen LogP) is 13.0. The maximum Gasteiger partial charge on any atom is 0.333 e. The lowest BCUT2D eigenvalue weighted by Gasteiger charge is -2.26. The Morgan fingerprint density at radius 3 is 1.11 bits per heavy atom. The Labute approximate surface area is 318 Å². The summed E-state index contributed by atoms with van der Waals surface area (Å²) in [6.45, 7) is 5.53. The van der Waals surface area contributed by atoms with Crippen LogP contribution in [0.25, 0.3) is 23.3 Å². The van der Waals surface area contributed by atoms with Crippen molar-refractivity contribution in [2.75, 3.05) is 4.90 Å². The monoisotopic (exact) mass is 699 g/mol. The zero-order valence-corrected chi connectivity index (χ0v) is 30.3. The van der Waals surface area contributed by atoms with E-state index in [-0.39, 0.29) is 6.61 Å². The Bertz CT molecular complexity index is 2140. The SMILES string of the molecule is C=C(C)C(=O)OCc1ccc(N(c2ccc(C=C(c3ccccc3)c3ccccc3)cc2)c2ccc(C=C(c3ccccc3)c3ccccc3)cc2)cc1. The van der Waals surface area contributed by atoms with Gasteiger partial charge in [-0.1, -0.05) is 164 Å². The molecule has 0 spiro atoms. The quantitative estimate of drug-likeness (QED) is 0.0722. The first-order chi connectivity index (χ1) is 26.5. The molecule has 0 aliphatic carbocycles. The first kappa shape index (κ1) is 35.4. The van der Waals surface area contributed by atoms with Gasteiger partial charge in [-0.3, -0.25) is 0 Å². The van der Waals surface area contributed by atoms with Gasteiger partial charge in [-0.25, -0.2) is 4.79 Å². The van der Waals surface area contributed by atoms with Crippen molar-refractivity contribution in [3.63, 3.8) is 0 Å². The fourth-order valence-electron chi connectivity index (χ4n) is 6.37. The van der Waals surface area contributed by atoms with Crippen molar-refractivity contribution in [2.24, 2.45) is 0 Å². The third kappa shape index (κ3) is 8.72. The highest BCUT2D eigenvalue weighted by Crippen LogP contribution is 2.36. The summed E-state index contributed by atoms with van der Waals surface area (Å²) in [6.07, 6.45) is 4.50. The minimum Gasteiger partial charge on any atom is -0.457 e. The Morgan fingerprint density at radius 2 is 0.796 bits per heavy atom. The third-order valence-electron chi connectivity index (χ3n) is 9.18. The van der Waals surface area contributed by atoms with E-state index in [0.29, 0.717) is 5.57 Å². The molecule has 0 radical (unpaired) electrons. The molecular weight excluding hydrogens is 659 g/mol. The molecule has 0 saturated carbocycles. The second-order valence-electron chi connectivity index (χ2n) is 13.1. The minimum atomic E-state index is -0.394. The molecule has 7 aromatic rings. The van der Waals surface area contributed by atoms with Crippen LogP contribution in [0, 0.1) is 0 Å². The fraction of sp³-hybridized carbons (Fsp3) is 0.0392. The van der Waals surface area contributed by atoms with Crippen molar-refractivity contribution in [1.82, 2.24) is 0 Å². The lowest BCUT2D eigenvalue weighted by Crippen LogP contribution is -2.10. The lowest BCUT2D eigenvalue weighted by molar-refractivity contribution is -0.140. The number of carbonyl (C=O) groups is 1. The summed E-state index contributed by atoms with van der Waals surface area (Å²) in [5.74, 6) is -0.394. The van der Waals surface area contributed by atoms with E-state index in [0.717, 1.165) is 44.9 Å². The average molecular weight is 700 g/mol. The molecule has 0 aliphatic rings. The highest BCUT2D eigenvalue weighted by Gasteiger charge is 2.14. The van der Waals surface area contributed by atoms with Gasteiger partial charge in [-0.15, -0.1) is 0 Å². The number of hydrogen-bond acceptors (Lipinski definition) is 3. The summed E-state index contributed by atoms with van der Waals surface area (Å²) in [7, 11) is 0. The Kier molecular flexibility index (Phi) is 11.2. The smallest absolute Gasteiger partial charge is 0.333 e. The number of rotatable bonds is 12. The van der Waals surface area contributed by atoms with Gasteiger partial charge in [0.05, 0.1) is 0 Å². The molecule has 0 unspecified atom stereocenters. The third-order valence-corrected chi connectivity index (χ3v) is 9.18. The van der Waals surface area contributed by atoms with Crippen molar-refractivity contribution in [1.29, 1.82) is 0 Å². The zero-order chi connectivity index (χ0) is 37.1. The van der Waals surface area contributed by atoms with Crippen molar-refractivity contribution in [3.8, 4) is 0 Å². The van der Waals surface area contributed by atoms with Gasteiger partial charge in [0, 0.05) is 22.6 Å². The van der Waals surface area contributed by atoms with Gasteiger partial charge in [-0.2, -0.15) is 0 Å². The minimum absolute atomic E-state index is 0.185. The highest BCUT2D eigenvalue weighted by molar-refractivity contribution is 5.93. The first-order valence-corrected chi connectivity index (χ1v) is 18.1. The summed E-state index contributed by atoms with van der Waals surface area (Å²) in [6, 6.07) is 67.5. The summed E-state index contributed by atoms with van der Waals surface area (Å²) in [5.41, 5.74) is 13.5. The molecule has 3 heteroatoms. The Hall–Kier alpha value is -6.97. The molecule has 3 nitrogen and oxygen atoms in total. The Morgan fingerprint density at radius 1 is 0.481 bits per heavy atom. The number of benzene rings is 7. The van der Waals surface area contributed by atoms with Crippen molar-refractivity contribution < 1.29 is 9.53 Å². The van der Waals surface area contributed by atoms with Crippen LogP contribution in [0.15, 0.2) is 206 Å². The van der Waals surface area contributed by atoms with E-state index in [1.54, 1.807) is 6.92 Å². The van der Waals surface area contributed by atoms with Crippen LogP contribution in [0.5, 0.6) is 0 Å². The lowest BCUT2D eigenvalue weighted by atomic mass is 9.95. The molecule has 0 aromatic heterocycles. The topological polar surface area (TPSA) is 29.5 Å². The van der Waals surface area contributed by atoms with E-state index in [2.05, 4.69) is 181 Å². The van der Waals surface area contributed by atoms with Gasteiger partial charge in [-0.05, 0) is 106 Å². The van der Waals surface area contributed by atoms with Gasteiger partial charge in [0.1, 0.15) is 6.61 Å². The Balaban J connectivity index is 1.24. The van der Waals surface area contributed by atoms with E-state index in [4.69, 9.17) is 4.74 Å². The van der Waals surface area contributed by atoms with Crippen molar-refractivity contribution >= 4 is 46.3 Å². The zero-order valence-electron chi connectivity index (χ0n) is 30.3. The molecule has 0 amide bonds. The van der Waals surface area contributed by atoms with Crippen LogP contribution in [0.3, 0.4) is 0 Å². The first-order valence-electron chi connectivity index (χ1n) is 18.1. The van der Waals surface area contributed by atoms with E-state index in [1.807, 2.05) is 36.4 Å². The van der Waals surface area contributed by atoms with Crippen molar-refractivity contribution in [2.45, 2.75) is 13.5 Å². The second-order valence-corrected chi connectivity index (χ2v) is 13.1. The molecule has 0 aliphatic heterocycles. The van der Waals surface area contributed by atoms with E-state index in [9.17, 15) is 4.79 Å². The van der Waals surface area contributed by atoms with Crippen LogP contribution in [0.1, 0.15) is 45.9 Å². The summed E-state index contributed by atoms with van der Waals surface area (Å²) < 4.78 is 5.41. The normalized spacial score (nSPS) is 10.5. The summed E-state index contributed by atoms with van der Waals surface area (Å²) >= 11 is 0. The number of esters is 1. The standard InChI is InChI=1S/C51H41NO2/c1-38(2)51(53)54-37-41-27-33-48(34-28-41)52(46-29-23-39(24-30-46)35-49(42-15-7-3-8-16-42)43-17-9-4-10-18-43)47-31-25-40(26-32-47)36-50(44-19-11-5-12-20-44)45-21-13-6-14-22-45/h3-36H,1,37H2,2H3. The summed E-state index contributed by atoms with van der Waals surface area (Å²) in [5, 5.41) is 0. The number of anilines is 3. The molecule has 0 fully saturated rings. The van der Waals surface area contributed by atoms with Crippen LogP contribution in [0.4, 0.5) is 17.1 Å². The van der Waals surface area contributed by atoms with Crippen LogP contribution in [-0.4, -0.2) is 5.97 Å². The largest absolute Gasteiger partial charge is 0.457 e. The molecule has 0 bridgehead atoms. The van der Waals surface area contributed by atoms with Gasteiger partial charge in [0.25, 0.3) is 0 Å². The van der Waals surface area contributed by atoms with Crippen molar-refractivity contribution in [3.05, 3.63) is 245 Å². The molecule has 54 heavy (non-hydrogen) atoms. The van der Waals surface area contributed by atoms with Crippen LogP contribution in [0.2, 0.25) is 0 Å². The van der Waals surface area contributed by atoms with Gasteiger partial charge >= 0.3 is 5.97 Å². The van der Waals surface area contributed by atoms with E-state index >= 15 is 0 Å². The average Bonchev–Trinajstić information content (AvgIpc) is 3.24. The fourth-order valence-corrected chi connectivity index (χ4v) is 6.37. The van der Waals surface area contributed by atoms with Gasteiger partial charge < -0.3 is 9.64 Å². The number of nitrogens with zero attached hydrogens (tertiary/aromatic N) is 1. The number of hydrogen-bond donors (Lipinski definition) is 0. The molecule has 0 atom stereocenters. The molecule has 7 aromatic carbocycles. The summed E-state index contributed by atoms with van der Waals surface area (Å²) in [4.78, 5) is 14.3. The van der Waals surface area contributed by atoms with Gasteiger partial charge in [0.15, 0.2) is 0 Å². The maximum absolute atomic E-state index is 12.0.